The first-order chi connectivity index (χ1) is 14.3. The fraction of sp³-hybridized carbons (Fsp3) is 0.316. The summed E-state index contributed by atoms with van der Waals surface area (Å²) >= 11 is 0. The number of halogens is 6. The van der Waals surface area contributed by atoms with E-state index in [2.05, 4.69) is 20.1 Å². The molecule has 0 aliphatic carbocycles. The third-order valence-corrected chi connectivity index (χ3v) is 4.35. The number of nitrogens with zero attached hydrogens (tertiary/aromatic N) is 3. The van der Waals surface area contributed by atoms with Gasteiger partial charge in [0.15, 0.2) is 12.3 Å². The molecule has 2 heterocycles. The van der Waals surface area contributed by atoms with Gasteiger partial charge in [0.05, 0.1) is 29.0 Å². The number of carbonyl (C=O) groups is 1. The number of rotatable bonds is 5. The van der Waals surface area contributed by atoms with Crippen LogP contribution < -0.4 is 10.1 Å². The van der Waals surface area contributed by atoms with Gasteiger partial charge in [-0.25, -0.2) is 0 Å². The zero-order valence-electron chi connectivity index (χ0n) is 16.2. The van der Waals surface area contributed by atoms with Crippen LogP contribution in [-0.4, -0.2) is 33.5 Å². The summed E-state index contributed by atoms with van der Waals surface area (Å²) in [4.78, 5) is 16.6. The quantitative estimate of drug-likeness (QED) is 0.590. The van der Waals surface area contributed by atoms with Crippen LogP contribution in [0.15, 0.2) is 36.5 Å². The number of aromatic nitrogens is 3. The largest absolute Gasteiger partial charge is 0.483 e. The molecule has 0 radical (unpaired) electrons. The van der Waals surface area contributed by atoms with E-state index in [1.54, 1.807) is 6.92 Å². The fourth-order valence-corrected chi connectivity index (χ4v) is 2.84. The van der Waals surface area contributed by atoms with E-state index in [1.165, 1.54) is 29.9 Å². The molecule has 0 saturated heterocycles. The molecule has 2 aromatic heterocycles. The molecule has 0 fully saturated rings. The first-order valence-corrected chi connectivity index (χ1v) is 8.85. The Morgan fingerprint density at radius 2 is 1.87 bits per heavy atom. The average Bonchev–Trinajstić information content (AvgIpc) is 3.02. The van der Waals surface area contributed by atoms with E-state index < -0.39 is 36.5 Å². The minimum atomic E-state index is -4.53. The molecule has 3 aromatic rings. The Kier molecular flexibility index (Phi) is 5.83. The summed E-state index contributed by atoms with van der Waals surface area (Å²) in [5, 5.41) is 6.87. The second-order valence-corrected chi connectivity index (χ2v) is 6.72. The first kappa shape index (κ1) is 22.4. The number of fused-ring (bicyclic) bond motifs is 1. The Hall–Kier alpha value is -3.31. The van der Waals surface area contributed by atoms with Gasteiger partial charge in [0.1, 0.15) is 5.75 Å². The molecule has 0 unspecified atom stereocenters. The van der Waals surface area contributed by atoms with Crippen LogP contribution in [0.25, 0.3) is 10.9 Å². The molecule has 1 atom stereocenters. The molecule has 1 aromatic carbocycles. The number of hydrogen-bond acceptors (Lipinski definition) is 4. The van der Waals surface area contributed by atoms with Gasteiger partial charge in [-0.3, -0.25) is 14.5 Å². The zero-order chi connectivity index (χ0) is 23.0. The number of alkyl halides is 6. The van der Waals surface area contributed by atoms with Gasteiger partial charge in [0, 0.05) is 12.4 Å². The van der Waals surface area contributed by atoms with Crippen molar-refractivity contribution >= 4 is 16.8 Å². The van der Waals surface area contributed by atoms with Crippen molar-refractivity contribution in [2.24, 2.45) is 7.05 Å². The molecule has 0 bridgehead atoms. The number of carbonyl (C=O) groups excluding carboxylic acids is 1. The zero-order valence-corrected chi connectivity index (χ0v) is 16.2. The van der Waals surface area contributed by atoms with Crippen LogP contribution in [0.5, 0.6) is 5.75 Å². The molecule has 0 saturated carbocycles. The normalized spacial score (nSPS) is 13.3. The van der Waals surface area contributed by atoms with E-state index in [4.69, 9.17) is 0 Å². The standard InChI is InChI=1S/C19H16F6N4O2/c1-10(14-6-4-12(8-26-14)31-9-18(20,21)22)27-17(30)16-13-5-3-11(19(23,24)25)7-15(13)29(2)28-16/h3-8,10H,9H2,1-2H3,(H,27,30)/t10-/m1/s1. The molecule has 12 heteroatoms. The maximum atomic E-state index is 12.9. The van der Waals surface area contributed by atoms with Crippen molar-refractivity contribution in [3.63, 3.8) is 0 Å². The average molecular weight is 446 g/mol. The van der Waals surface area contributed by atoms with Gasteiger partial charge in [-0.15, -0.1) is 0 Å². The van der Waals surface area contributed by atoms with E-state index in [0.717, 1.165) is 18.3 Å². The van der Waals surface area contributed by atoms with Crippen LogP contribution in [-0.2, 0) is 13.2 Å². The molecule has 31 heavy (non-hydrogen) atoms. The van der Waals surface area contributed by atoms with Gasteiger partial charge < -0.3 is 10.1 Å². The number of nitrogens with one attached hydrogen (secondary N) is 1. The van der Waals surface area contributed by atoms with Crippen LogP contribution in [0.2, 0.25) is 0 Å². The number of hydrogen-bond donors (Lipinski definition) is 1. The van der Waals surface area contributed by atoms with Crippen LogP contribution in [0.3, 0.4) is 0 Å². The van der Waals surface area contributed by atoms with E-state index in [0.29, 0.717) is 5.69 Å². The number of aryl methyl sites for hydroxylation is 1. The molecule has 0 aliphatic heterocycles. The smallest absolute Gasteiger partial charge is 0.422 e. The molecule has 3 rings (SSSR count). The third-order valence-electron chi connectivity index (χ3n) is 4.35. The van der Waals surface area contributed by atoms with Crippen molar-refractivity contribution in [2.45, 2.75) is 25.3 Å². The lowest BCUT2D eigenvalue weighted by Crippen LogP contribution is -2.28. The Bertz CT molecular complexity index is 1090. The van der Waals surface area contributed by atoms with Gasteiger partial charge in [-0.05, 0) is 37.3 Å². The lowest BCUT2D eigenvalue weighted by Gasteiger charge is -2.14. The third kappa shape index (κ3) is 5.25. The SMILES string of the molecule is C[C@@H](NC(=O)c1nn(C)c2cc(C(F)(F)F)ccc12)c1ccc(OCC(F)(F)F)cn1. The van der Waals surface area contributed by atoms with Crippen LogP contribution in [0, 0.1) is 0 Å². The van der Waals surface area contributed by atoms with Crippen molar-refractivity contribution in [2.75, 3.05) is 6.61 Å². The molecule has 0 aliphatic rings. The second-order valence-electron chi connectivity index (χ2n) is 6.72. The summed E-state index contributed by atoms with van der Waals surface area (Å²) in [6, 6.07) is 4.97. The topological polar surface area (TPSA) is 69.0 Å². The van der Waals surface area contributed by atoms with Crippen molar-refractivity contribution in [3.05, 3.63) is 53.5 Å². The molecular formula is C19H16F6N4O2. The van der Waals surface area contributed by atoms with E-state index >= 15 is 0 Å². The highest BCUT2D eigenvalue weighted by Crippen LogP contribution is 2.32. The van der Waals surface area contributed by atoms with Gasteiger partial charge in [0.2, 0.25) is 0 Å². The highest BCUT2D eigenvalue weighted by molar-refractivity contribution is 6.05. The Labute approximate surface area is 171 Å². The minimum absolute atomic E-state index is 0.0665. The van der Waals surface area contributed by atoms with Crippen LogP contribution in [0.1, 0.15) is 34.7 Å². The Morgan fingerprint density at radius 3 is 2.45 bits per heavy atom. The predicted molar refractivity (Wildman–Crippen MR) is 97.4 cm³/mol. The maximum Gasteiger partial charge on any atom is 0.422 e. The Morgan fingerprint density at radius 1 is 1.16 bits per heavy atom. The molecular weight excluding hydrogens is 430 g/mol. The van der Waals surface area contributed by atoms with Gasteiger partial charge in [0.25, 0.3) is 5.91 Å². The lowest BCUT2D eigenvalue weighted by molar-refractivity contribution is -0.153. The molecule has 6 nitrogen and oxygen atoms in total. The van der Waals surface area contributed by atoms with Gasteiger partial charge in [-0.2, -0.15) is 31.4 Å². The summed E-state index contributed by atoms with van der Waals surface area (Å²) in [7, 11) is 1.42. The predicted octanol–water partition coefficient (Wildman–Crippen LogP) is 4.42. The highest BCUT2D eigenvalue weighted by atomic mass is 19.4. The number of amides is 1. The van der Waals surface area contributed by atoms with Crippen molar-refractivity contribution in [3.8, 4) is 5.75 Å². The van der Waals surface area contributed by atoms with Crippen LogP contribution in [0.4, 0.5) is 26.3 Å². The highest BCUT2D eigenvalue weighted by Gasteiger charge is 2.31. The molecule has 1 amide bonds. The summed E-state index contributed by atoms with van der Waals surface area (Å²) in [5.74, 6) is -0.729. The Balaban J connectivity index is 1.74. The van der Waals surface area contributed by atoms with Gasteiger partial charge in [-0.1, -0.05) is 0 Å². The molecule has 166 valence electrons. The summed E-state index contributed by atoms with van der Waals surface area (Å²) in [5.41, 5.74) is -0.451. The number of benzene rings is 1. The first-order valence-electron chi connectivity index (χ1n) is 8.85. The molecule has 1 N–H and O–H groups in total. The van der Waals surface area contributed by atoms with Crippen LogP contribution >= 0.6 is 0 Å². The monoisotopic (exact) mass is 446 g/mol. The van der Waals surface area contributed by atoms with Crippen molar-refractivity contribution in [1.29, 1.82) is 0 Å². The fourth-order valence-electron chi connectivity index (χ4n) is 2.84. The summed E-state index contributed by atoms with van der Waals surface area (Å²) in [6.45, 7) is 0.131. The van der Waals surface area contributed by atoms with E-state index in [1.807, 2.05) is 0 Å². The molecule has 0 spiro atoms. The lowest BCUT2D eigenvalue weighted by atomic mass is 10.1. The second kappa shape index (κ2) is 8.08. The number of ether oxygens (including phenoxy) is 1. The van der Waals surface area contributed by atoms with Crippen molar-refractivity contribution < 1.29 is 35.9 Å². The summed E-state index contributed by atoms with van der Waals surface area (Å²) < 4.78 is 81.1. The van der Waals surface area contributed by atoms with E-state index in [-0.39, 0.29) is 22.3 Å². The number of pyridine rings is 1. The van der Waals surface area contributed by atoms with Gasteiger partial charge >= 0.3 is 12.4 Å². The maximum absolute atomic E-state index is 12.9. The minimum Gasteiger partial charge on any atom is -0.483 e. The summed E-state index contributed by atoms with van der Waals surface area (Å²) in [6.07, 6.45) is -7.91. The van der Waals surface area contributed by atoms with Crippen molar-refractivity contribution in [1.82, 2.24) is 20.1 Å². The van der Waals surface area contributed by atoms with E-state index in [9.17, 15) is 31.1 Å².